The van der Waals surface area contributed by atoms with Gasteiger partial charge in [0.1, 0.15) is 16.3 Å². The number of amides is 3. The lowest BCUT2D eigenvalue weighted by Gasteiger charge is -2.39. The number of nitrogens with one attached hydrogen (secondary N) is 1. The lowest BCUT2D eigenvalue weighted by Crippen LogP contribution is -2.56. The number of benzene rings is 2. The van der Waals surface area contributed by atoms with Crippen LogP contribution in [-0.2, 0) is 13.0 Å². The highest BCUT2D eigenvalue weighted by atomic mass is 32.1. The molecule has 2 aromatic heterocycles. The summed E-state index contributed by atoms with van der Waals surface area (Å²) in [5.41, 5.74) is 2.76. The fourth-order valence-electron chi connectivity index (χ4n) is 4.94. The third kappa shape index (κ3) is 5.49. The molecule has 7 nitrogen and oxygen atoms in total. The van der Waals surface area contributed by atoms with E-state index in [1.54, 1.807) is 23.3 Å². The number of ether oxygens (including phenoxy) is 1. The number of carbonyl (C=O) groups is 2. The van der Waals surface area contributed by atoms with Gasteiger partial charge in [-0.3, -0.25) is 4.79 Å². The minimum Gasteiger partial charge on any atom is -0.497 e. The summed E-state index contributed by atoms with van der Waals surface area (Å²) in [5, 5.41) is 6.14. The van der Waals surface area contributed by atoms with E-state index in [9.17, 15) is 9.59 Å². The van der Waals surface area contributed by atoms with Gasteiger partial charge in [-0.2, -0.15) is 0 Å². The number of fused-ring (bicyclic) bond motifs is 1. The van der Waals surface area contributed by atoms with Crippen molar-refractivity contribution in [3.05, 3.63) is 83.4 Å². The number of thiophene rings is 1. The Morgan fingerprint density at radius 1 is 1.05 bits per heavy atom. The van der Waals surface area contributed by atoms with Gasteiger partial charge in [-0.05, 0) is 67.1 Å². The van der Waals surface area contributed by atoms with E-state index in [0.717, 1.165) is 41.0 Å². The predicted molar refractivity (Wildman–Crippen MR) is 149 cm³/mol. The lowest BCUT2D eigenvalue weighted by molar-refractivity contribution is 0.0582. The number of hydrogen-bond donors (Lipinski definition) is 1. The van der Waals surface area contributed by atoms with Gasteiger partial charge in [0.2, 0.25) is 0 Å². The van der Waals surface area contributed by atoms with Gasteiger partial charge >= 0.3 is 6.03 Å². The third-order valence-corrected chi connectivity index (χ3v) is 7.88. The van der Waals surface area contributed by atoms with E-state index in [4.69, 9.17) is 4.74 Å². The van der Waals surface area contributed by atoms with Crippen LogP contribution in [0.3, 0.4) is 0 Å². The Morgan fingerprint density at radius 2 is 1.84 bits per heavy atom. The third-order valence-electron chi connectivity index (χ3n) is 6.93. The van der Waals surface area contributed by atoms with Gasteiger partial charge in [0.15, 0.2) is 0 Å². The number of hydrogen-bond acceptors (Lipinski definition) is 4. The standard InChI is InChI=1S/C29H32N4O3S/c1-21-20-31(16-17-32(21)29(35)30-24-10-12-25(36-2)13-11-24)27(34)26-19-23-14-18-37-28(23)33(26)15-6-9-22-7-4-3-5-8-22/h3-5,7-8,10-14,18-19,21H,6,9,15-17,20H2,1-2H3,(H,30,35)/t21-/m0/s1. The molecule has 1 N–H and O–H groups in total. The quantitative estimate of drug-likeness (QED) is 0.342. The van der Waals surface area contributed by atoms with Crippen LogP contribution in [0.15, 0.2) is 72.1 Å². The van der Waals surface area contributed by atoms with Crippen LogP contribution < -0.4 is 10.1 Å². The Hall–Kier alpha value is -3.78. The van der Waals surface area contributed by atoms with Crippen molar-refractivity contribution in [3.63, 3.8) is 0 Å². The zero-order valence-electron chi connectivity index (χ0n) is 21.2. The van der Waals surface area contributed by atoms with Crippen molar-refractivity contribution >= 4 is 39.2 Å². The summed E-state index contributed by atoms with van der Waals surface area (Å²) in [7, 11) is 1.61. The van der Waals surface area contributed by atoms with Gasteiger partial charge in [0.05, 0.1) is 7.11 Å². The first-order chi connectivity index (χ1) is 18.0. The summed E-state index contributed by atoms with van der Waals surface area (Å²) in [4.78, 5) is 31.4. The number of methoxy groups -OCH3 is 1. The van der Waals surface area contributed by atoms with Crippen LogP contribution in [-0.4, -0.2) is 59.1 Å². The molecule has 8 heteroatoms. The molecule has 0 aliphatic carbocycles. The average molecular weight is 517 g/mol. The van der Waals surface area contributed by atoms with Crippen LogP contribution in [0.2, 0.25) is 0 Å². The Morgan fingerprint density at radius 3 is 2.57 bits per heavy atom. The van der Waals surface area contributed by atoms with Crippen molar-refractivity contribution in [2.24, 2.45) is 0 Å². The Kier molecular flexibility index (Phi) is 7.46. The van der Waals surface area contributed by atoms with Gasteiger partial charge < -0.3 is 24.4 Å². The number of aromatic nitrogens is 1. The molecule has 1 fully saturated rings. The van der Waals surface area contributed by atoms with Crippen molar-refractivity contribution in [2.75, 3.05) is 32.1 Å². The molecule has 3 heterocycles. The Bertz CT molecular complexity index is 1360. The molecule has 0 radical (unpaired) electrons. The molecule has 0 bridgehead atoms. The van der Waals surface area contributed by atoms with Crippen molar-refractivity contribution in [3.8, 4) is 5.75 Å². The molecule has 1 saturated heterocycles. The Labute approximate surface area is 221 Å². The van der Waals surface area contributed by atoms with Crippen LogP contribution in [0.25, 0.3) is 10.2 Å². The average Bonchev–Trinajstić information content (AvgIpc) is 3.51. The maximum absolute atomic E-state index is 13.7. The molecule has 4 aromatic rings. The second-order valence-corrected chi connectivity index (χ2v) is 10.3. The molecule has 0 unspecified atom stereocenters. The summed E-state index contributed by atoms with van der Waals surface area (Å²) in [6, 6.07) is 21.6. The van der Waals surface area contributed by atoms with E-state index in [-0.39, 0.29) is 18.0 Å². The largest absolute Gasteiger partial charge is 0.497 e. The van der Waals surface area contributed by atoms with Crippen molar-refractivity contribution in [2.45, 2.75) is 32.4 Å². The molecule has 5 rings (SSSR count). The van der Waals surface area contributed by atoms with Gasteiger partial charge in [0.25, 0.3) is 5.91 Å². The molecule has 1 aliphatic heterocycles. The first-order valence-electron chi connectivity index (χ1n) is 12.6. The van der Waals surface area contributed by atoms with E-state index in [2.05, 4.69) is 45.6 Å². The molecular formula is C29H32N4O3S. The maximum Gasteiger partial charge on any atom is 0.322 e. The normalized spacial score (nSPS) is 15.7. The highest BCUT2D eigenvalue weighted by molar-refractivity contribution is 7.16. The first kappa shape index (κ1) is 24.9. The first-order valence-corrected chi connectivity index (χ1v) is 13.5. The molecule has 2 aromatic carbocycles. The van der Waals surface area contributed by atoms with Gasteiger partial charge in [-0.25, -0.2) is 4.79 Å². The van der Waals surface area contributed by atoms with Crippen molar-refractivity contribution in [1.29, 1.82) is 0 Å². The number of nitrogens with zero attached hydrogens (tertiary/aromatic N) is 3. The second-order valence-electron chi connectivity index (χ2n) is 9.40. The number of urea groups is 1. The van der Waals surface area contributed by atoms with Gasteiger partial charge in [-0.15, -0.1) is 11.3 Å². The summed E-state index contributed by atoms with van der Waals surface area (Å²) < 4.78 is 7.36. The summed E-state index contributed by atoms with van der Waals surface area (Å²) in [6.45, 7) is 4.27. The molecule has 0 saturated carbocycles. The maximum atomic E-state index is 13.7. The fourth-order valence-corrected chi connectivity index (χ4v) is 5.86. The number of aryl methyl sites for hydroxylation is 2. The fraction of sp³-hybridized carbons (Fsp3) is 0.310. The van der Waals surface area contributed by atoms with Crippen LogP contribution in [0.4, 0.5) is 10.5 Å². The molecule has 1 aliphatic rings. The number of piperazine rings is 1. The van der Waals surface area contributed by atoms with Gasteiger partial charge in [0, 0.05) is 43.3 Å². The zero-order valence-corrected chi connectivity index (χ0v) is 22.0. The minimum absolute atomic E-state index is 0.0326. The minimum atomic E-state index is -0.158. The van der Waals surface area contributed by atoms with E-state index < -0.39 is 0 Å². The SMILES string of the molecule is COc1ccc(NC(=O)N2CCN(C(=O)c3cc4ccsc4n3CCCc3ccccc3)C[C@@H]2C)cc1. The summed E-state index contributed by atoms with van der Waals surface area (Å²) in [5.74, 6) is 0.772. The number of rotatable bonds is 7. The number of anilines is 1. The molecular weight excluding hydrogens is 484 g/mol. The topological polar surface area (TPSA) is 66.8 Å². The van der Waals surface area contributed by atoms with E-state index in [0.29, 0.717) is 25.3 Å². The lowest BCUT2D eigenvalue weighted by atomic mass is 10.1. The predicted octanol–water partition coefficient (Wildman–Crippen LogP) is 5.72. The monoisotopic (exact) mass is 516 g/mol. The van der Waals surface area contributed by atoms with Crippen LogP contribution in [0, 0.1) is 0 Å². The molecule has 3 amide bonds. The van der Waals surface area contributed by atoms with E-state index in [1.807, 2.05) is 48.2 Å². The number of carbonyl (C=O) groups excluding carboxylic acids is 2. The van der Waals surface area contributed by atoms with E-state index >= 15 is 0 Å². The highest BCUT2D eigenvalue weighted by Crippen LogP contribution is 2.27. The molecule has 1 atom stereocenters. The van der Waals surface area contributed by atoms with E-state index in [1.165, 1.54) is 5.56 Å². The van der Waals surface area contributed by atoms with Crippen LogP contribution >= 0.6 is 11.3 Å². The van der Waals surface area contributed by atoms with Crippen LogP contribution in [0.5, 0.6) is 5.75 Å². The highest BCUT2D eigenvalue weighted by Gasteiger charge is 2.31. The van der Waals surface area contributed by atoms with Crippen LogP contribution in [0.1, 0.15) is 29.4 Å². The molecule has 37 heavy (non-hydrogen) atoms. The van der Waals surface area contributed by atoms with Crippen molar-refractivity contribution < 1.29 is 14.3 Å². The second kappa shape index (κ2) is 11.1. The molecule has 0 spiro atoms. The van der Waals surface area contributed by atoms with Crippen molar-refractivity contribution in [1.82, 2.24) is 14.4 Å². The zero-order chi connectivity index (χ0) is 25.8. The summed E-state index contributed by atoms with van der Waals surface area (Å²) in [6.07, 6.45) is 1.93. The smallest absolute Gasteiger partial charge is 0.322 e. The summed E-state index contributed by atoms with van der Waals surface area (Å²) >= 11 is 1.68. The van der Waals surface area contributed by atoms with Gasteiger partial charge in [-0.1, -0.05) is 30.3 Å². The Balaban J connectivity index is 1.24. The molecule has 192 valence electrons.